The number of halogens is 3. The minimum Gasteiger partial charge on any atom is -0.508 e. The van der Waals surface area contributed by atoms with Crippen LogP contribution in [0, 0.1) is 17.5 Å². The van der Waals surface area contributed by atoms with E-state index in [4.69, 9.17) is 5.73 Å². The van der Waals surface area contributed by atoms with Crippen LogP contribution in [0.4, 0.5) is 18.3 Å². The van der Waals surface area contributed by atoms with Crippen molar-refractivity contribution in [2.24, 2.45) is 0 Å². The van der Waals surface area contributed by atoms with Crippen molar-refractivity contribution >= 4 is 16.5 Å². The van der Waals surface area contributed by atoms with Gasteiger partial charge in [0.15, 0.2) is 22.6 Å². The van der Waals surface area contributed by atoms with E-state index >= 15 is 0 Å². The fourth-order valence-electron chi connectivity index (χ4n) is 2.50. The number of rotatable bonds is 4. The first-order valence-electron chi connectivity index (χ1n) is 7.08. The van der Waals surface area contributed by atoms with Crippen LogP contribution in [0.15, 0.2) is 41.8 Å². The number of hydrogen-bond acceptors (Lipinski definition) is 4. The van der Waals surface area contributed by atoms with Gasteiger partial charge in [-0.3, -0.25) is 0 Å². The average Bonchev–Trinajstić information content (AvgIpc) is 2.99. The van der Waals surface area contributed by atoms with Crippen LogP contribution in [0.25, 0.3) is 0 Å². The summed E-state index contributed by atoms with van der Waals surface area (Å²) in [4.78, 5) is 4.22. The Morgan fingerprint density at radius 2 is 1.75 bits per heavy atom. The zero-order chi connectivity index (χ0) is 17.3. The van der Waals surface area contributed by atoms with Crippen LogP contribution in [0.5, 0.6) is 5.75 Å². The van der Waals surface area contributed by atoms with Gasteiger partial charge < -0.3 is 10.8 Å². The van der Waals surface area contributed by atoms with Crippen LogP contribution >= 0.6 is 11.3 Å². The van der Waals surface area contributed by atoms with Gasteiger partial charge in [-0.2, -0.15) is 0 Å². The molecule has 0 bridgehead atoms. The summed E-state index contributed by atoms with van der Waals surface area (Å²) in [5.41, 5.74) is 7.07. The van der Waals surface area contributed by atoms with E-state index in [9.17, 15) is 18.3 Å². The van der Waals surface area contributed by atoms with Crippen molar-refractivity contribution < 1.29 is 18.3 Å². The van der Waals surface area contributed by atoms with Gasteiger partial charge in [0, 0.05) is 11.3 Å². The van der Waals surface area contributed by atoms with Gasteiger partial charge in [0.05, 0.1) is 5.69 Å². The zero-order valence-corrected chi connectivity index (χ0v) is 13.2. The summed E-state index contributed by atoms with van der Waals surface area (Å²) < 4.78 is 40.6. The van der Waals surface area contributed by atoms with Crippen molar-refractivity contribution in [1.29, 1.82) is 0 Å². The smallest absolute Gasteiger partial charge is 0.194 e. The molecule has 24 heavy (non-hydrogen) atoms. The minimum atomic E-state index is -1.49. The molecule has 0 spiro atoms. The second-order valence-electron chi connectivity index (χ2n) is 5.29. The number of nitrogens with zero attached hydrogens (tertiary/aromatic N) is 1. The van der Waals surface area contributed by atoms with Crippen LogP contribution in [0.3, 0.4) is 0 Å². The summed E-state index contributed by atoms with van der Waals surface area (Å²) in [6.45, 7) is 0. The molecule has 0 fully saturated rings. The summed E-state index contributed by atoms with van der Waals surface area (Å²) >= 11 is 1.24. The van der Waals surface area contributed by atoms with E-state index in [1.165, 1.54) is 29.5 Å². The predicted molar refractivity (Wildman–Crippen MR) is 86.5 cm³/mol. The van der Waals surface area contributed by atoms with E-state index in [0.717, 1.165) is 11.6 Å². The Labute approximate surface area is 140 Å². The Morgan fingerprint density at radius 1 is 1.04 bits per heavy atom. The van der Waals surface area contributed by atoms with E-state index in [1.807, 2.05) is 0 Å². The van der Waals surface area contributed by atoms with Crippen LogP contribution < -0.4 is 5.73 Å². The summed E-state index contributed by atoms with van der Waals surface area (Å²) in [5, 5.41) is 11.5. The fraction of sp³-hybridized carbons (Fsp3) is 0.118. The molecule has 0 saturated heterocycles. The van der Waals surface area contributed by atoms with Crippen molar-refractivity contribution in [2.75, 3.05) is 5.73 Å². The first-order chi connectivity index (χ1) is 11.5. The van der Waals surface area contributed by atoms with E-state index < -0.39 is 23.4 Å². The second kappa shape index (κ2) is 6.52. The number of aromatic nitrogens is 1. The molecule has 3 nitrogen and oxygen atoms in total. The quantitative estimate of drug-likeness (QED) is 0.693. The van der Waals surface area contributed by atoms with Gasteiger partial charge in [0.25, 0.3) is 0 Å². The summed E-state index contributed by atoms with van der Waals surface area (Å²) in [7, 11) is 0. The average molecular weight is 350 g/mol. The second-order valence-corrected chi connectivity index (χ2v) is 6.18. The maximum Gasteiger partial charge on any atom is 0.194 e. The van der Waals surface area contributed by atoms with Crippen LogP contribution in [0.1, 0.15) is 22.7 Å². The molecule has 3 N–H and O–H groups in total. The summed E-state index contributed by atoms with van der Waals surface area (Å²) in [5.74, 6) is -4.24. The number of nitrogens with two attached hydrogens (primary N) is 1. The lowest BCUT2D eigenvalue weighted by Gasteiger charge is -2.16. The third kappa shape index (κ3) is 3.21. The maximum absolute atomic E-state index is 14.0. The number of nitrogen functional groups attached to an aromatic ring is 1. The van der Waals surface area contributed by atoms with Gasteiger partial charge in [-0.05, 0) is 35.7 Å². The van der Waals surface area contributed by atoms with Gasteiger partial charge in [-0.1, -0.05) is 18.2 Å². The van der Waals surface area contributed by atoms with Crippen molar-refractivity contribution in [2.45, 2.75) is 12.3 Å². The highest BCUT2D eigenvalue weighted by atomic mass is 32.1. The molecule has 3 rings (SSSR count). The molecule has 3 aromatic rings. The fourth-order valence-corrected chi connectivity index (χ4v) is 3.12. The molecular formula is C17H13F3N2OS. The zero-order valence-electron chi connectivity index (χ0n) is 12.3. The lowest BCUT2D eigenvalue weighted by Crippen LogP contribution is -2.08. The molecule has 1 heterocycles. The van der Waals surface area contributed by atoms with Gasteiger partial charge >= 0.3 is 0 Å². The van der Waals surface area contributed by atoms with Crippen LogP contribution in [-0.4, -0.2) is 10.1 Å². The monoisotopic (exact) mass is 350 g/mol. The largest absolute Gasteiger partial charge is 0.508 e. The molecule has 0 aliphatic carbocycles. The topological polar surface area (TPSA) is 59.1 Å². The molecule has 124 valence electrons. The van der Waals surface area contributed by atoms with Crippen LogP contribution in [-0.2, 0) is 6.42 Å². The molecule has 0 aliphatic rings. The van der Waals surface area contributed by atoms with E-state index in [0.29, 0.717) is 10.8 Å². The standard InChI is InChI=1S/C17H13F3N2OS/c18-13-6-3-10(15(19)16(13)20)7-12(14-8-24-17(21)22-14)9-1-4-11(23)5-2-9/h1-6,8,12,23H,7H2,(H2,21,22). The Kier molecular flexibility index (Phi) is 4.44. The van der Waals surface area contributed by atoms with Gasteiger partial charge in [-0.15, -0.1) is 11.3 Å². The van der Waals surface area contributed by atoms with Crippen molar-refractivity contribution in [3.8, 4) is 5.75 Å². The summed E-state index contributed by atoms with van der Waals surface area (Å²) in [6, 6.07) is 8.47. The Morgan fingerprint density at radius 3 is 2.38 bits per heavy atom. The number of phenolic OH excluding ortho intramolecular Hbond substituents is 1. The Hall–Kier alpha value is -2.54. The van der Waals surface area contributed by atoms with E-state index in [1.54, 1.807) is 17.5 Å². The Bertz CT molecular complexity index is 865. The molecule has 2 aromatic carbocycles. The number of thiazole rings is 1. The Balaban J connectivity index is 2.02. The summed E-state index contributed by atoms with van der Waals surface area (Å²) in [6.07, 6.45) is 0.0803. The third-order valence-electron chi connectivity index (χ3n) is 3.73. The number of anilines is 1. The van der Waals surface area contributed by atoms with Gasteiger partial charge in [0.1, 0.15) is 5.75 Å². The lowest BCUT2D eigenvalue weighted by atomic mass is 9.89. The van der Waals surface area contributed by atoms with Crippen molar-refractivity contribution in [3.05, 3.63) is 76.1 Å². The lowest BCUT2D eigenvalue weighted by molar-refractivity contribution is 0.439. The number of phenols is 1. The van der Waals surface area contributed by atoms with Gasteiger partial charge in [-0.25, -0.2) is 18.2 Å². The normalized spacial score (nSPS) is 12.3. The molecular weight excluding hydrogens is 337 g/mol. The number of benzene rings is 2. The minimum absolute atomic E-state index is 0.0403. The molecule has 0 aliphatic heterocycles. The van der Waals surface area contributed by atoms with Crippen molar-refractivity contribution in [3.63, 3.8) is 0 Å². The molecule has 7 heteroatoms. The highest BCUT2D eigenvalue weighted by molar-refractivity contribution is 7.13. The molecule has 0 amide bonds. The maximum atomic E-state index is 14.0. The predicted octanol–water partition coefficient (Wildman–Crippen LogP) is 4.22. The highest BCUT2D eigenvalue weighted by Gasteiger charge is 2.22. The number of hydrogen-bond donors (Lipinski definition) is 2. The molecule has 1 atom stereocenters. The van der Waals surface area contributed by atoms with Gasteiger partial charge in [0.2, 0.25) is 0 Å². The molecule has 0 saturated carbocycles. The van der Waals surface area contributed by atoms with E-state index in [-0.39, 0.29) is 17.7 Å². The molecule has 1 aromatic heterocycles. The molecule has 0 radical (unpaired) electrons. The first kappa shape index (κ1) is 16.3. The number of aromatic hydroxyl groups is 1. The SMILES string of the molecule is Nc1nc(C(Cc2ccc(F)c(F)c2F)c2ccc(O)cc2)cs1. The van der Waals surface area contributed by atoms with Crippen LogP contribution in [0.2, 0.25) is 0 Å². The van der Waals surface area contributed by atoms with Crippen molar-refractivity contribution in [1.82, 2.24) is 4.98 Å². The van der Waals surface area contributed by atoms with E-state index in [2.05, 4.69) is 4.98 Å². The highest BCUT2D eigenvalue weighted by Crippen LogP contribution is 2.32. The third-order valence-corrected chi connectivity index (χ3v) is 4.42. The molecule has 1 unspecified atom stereocenters. The first-order valence-corrected chi connectivity index (χ1v) is 7.96.